The van der Waals surface area contributed by atoms with Crippen LogP contribution >= 0.6 is 11.6 Å². The lowest BCUT2D eigenvalue weighted by Gasteiger charge is -2.14. The Hall–Kier alpha value is 0.250. The van der Waals surface area contributed by atoms with Gasteiger partial charge in [0.1, 0.15) is 0 Å². The Morgan fingerprint density at radius 3 is 2.92 bits per heavy atom. The molecule has 0 aromatic rings. The van der Waals surface area contributed by atoms with Crippen LogP contribution in [0.2, 0.25) is 0 Å². The lowest BCUT2D eigenvalue weighted by molar-refractivity contribution is 0.0987. The van der Waals surface area contributed by atoms with E-state index in [1.165, 1.54) is 32.1 Å². The van der Waals surface area contributed by atoms with Crippen LogP contribution in [-0.2, 0) is 4.74 Å². The minimum Gasteiger partial charge on any atom is -0.378 e. The van der Waals surface area contributed by atoms with E-state index in [1.54, 1.807) is 0 Å². The molecule has 12 heavy (non-hydrogen) atoms. The van der Waals surface area contributed by atoms with E-state index in [2.05, 4.69) is 6.92 Å². The first-order valence-corrected chi connectivity index (χ1v) is 5.57. The first-order valence-electron chi connectivity index (χ1n) is 5.04. The van der Waals surface area contributed by atoms with Crippen LogP contribution in [0, 0.1) is 5.92 Å². The minimum absolute atomic E-state index is 0.544. The Labute approximate surface area is 80.4 Å². The fourth-order valence-electron chi connectivity index (χ4n) is 1.68. The number of ether oxygens (including phenoxy) is 1. The van der Waals surface area contributed by atoms with Crippen molar-refractivity contribution >= 4 is 11.6 Å². The van der Waals surface area contributed by atoms with Gasteiger partial charge in [0.15, 0.2) is 0 Å². The molecule has 1 aliphatic rings. The SMILES string of the molecule is CCC(CCl)CCC1CCCO1. The molecular weight excluding hydrogens is 172 g/mol. The first kappa shape index (κ1) is 10.3. The van der Waals surface area contributed by atoms with Gasteiger partial charge in [-0.05, 0) is 31.6 Å². The van der Waals surface area contributed by atoms with Crippen molar-refractivity contribution < 1.29 is 4.74 Å². The van der Waals surface area contributed by atoms with Crippen molar-refractivity contribution in [1.82, 2.24) is 0 Å². The molecule has 1 nitrogen and oxygen atoms in total. The minimum atomic E-state index is 0.544. The van der Waals surface area contributed by atoms with Gasteiger partial charge < -0.3 is 4.74 Å². The Morgan fingerprint density at radius 1 is 1.58 bits per heavy atom. The third-order valence-electron chi connectivity index (χ3n) is 2.72. The highest BCUT2D eigenvalue weighted by molar-refractivity contribution is 6.18. The van der Waals surface area contributed by atoms with E-state index >= 15 is 0 Å². The van der Waals surface area contributed by atoms with E-state index in [0.717, 1.165) is 12.5 Å². The largest absolute Gasteiger partial charge is 0.378 e. The molecule has 1 fully saturated rings. The van der Waals surface area contributed by atoms with Crippen LogP contribution in [0.5, 0.6) is 0 Å². The van der Waals surface area contributed by atoms with Gasteiger partial charge >= 0.3 is 0 Å². The van der Waals surface area contributed by atoms with Crippen LogP contribution in [0.4, 0.5) is 0 Å². The number of hydrogen-bond donors (Lipinski definition) is 0. The fraction of sp³-hybridized carbons (Fsp3) is 1.00. The topological polar surface area (TPSA) is 9.23 Å². The maximum absolute atomic E-state index is 5.81. The maximum Gasteiger partial charge on any atom is 0.0576 e. The van der Waals surface area contributed by atoms with Gasteiger partial charge in [-0.2, -0.15) is 0 Å². The Balaban J connectivity index is 2.06. The zero-order valence-electron chi connectivity index (χ0n) is 7.89. The van der Waals surface area contributed by atoms with Crippen molar-refractivity contribution in [2.45, 2.75) is 45.1 Å². The summed E-state index contributed by atoms with van der Waals surface area (Å²) in [5.41, 5.74) is 0. The highest BCUT2D eigenvalue weighted by Crippen LogP contribution is 2.21. The molecule has 0 bridgehead atoms. The summed E-state index contributed by atoms with van der Waals surface area (Å²) in [5.74, 6) is 1.51. The zero-order valence-corrected chi connectivity index (χ0v) is 8.65. The van der Waals surface area contributed by atoms with E-state index in [9.17, 15) is 0 Å². The maximum atomic E-state index is 5.81. The van der Waals surface area contributed by atoms with Gasteiger partial charge in [0.25, 0.3) is 0 Å². The second kappa shape index (κ2) is 5.82. The number of rotatable bonds is 5. The number of halogens is 1. The third kappa shape index (κ3) is 3.32. The Morgan fingerprint density at radius 2 is 2.42 bits per heavy atom. The van der Waals surface area contributed by atoms with Gasteiger partial charge in [-0.15, -0.1) is 11.6 Å². The van der Waals surface area contributed by atoms with E-state index in [0.29, 0.717) is 12.0 Å². The smallest absolute Gasteiger partial charge is 0.0576 e. The lowest BCUT2D eigenvalue weighted by atomic mass is 9.99. The molecule has 0 aromatic carbocycles. The van der Waals surface area contributed by atoms with Gasteiger partial charge in [0.2, 0.25) is 0 Å². The standard InChI is InChI=1S/C10H19ClO/c1-2-9(8-11)5-6-10-4-3-7-12-10/h9-10H,2-8H2,1H3. The molecular formula is C10H19ClO. The van der Waals surface area contributed by atoms with Gasteiger partial charge in [-0.1, -0.05) is 13.3 Å². The Bertz CT molecular complexity index is 104. The Kier molecular flexibility index (Phi) is 5.01. The van der Waals surface area contributed by atoms with E-state index in [4.69, 9.17) is 16.3 Å². The molecule has 0 amide bonds. The predicted octanol–water partition coefficient (Wildman–Crippen LogP) is 3.21. The summed E-state index contributed by atoms with van der Waals surface area (Å²) in [6, 6.07) is 0. The monoisotopic (exact) mass is 190 g/mol. The van der Waals surface area contributed by atoms with Crippen molar-refractivity contribution in [2.24, 2.45) is 5.92 Å². The molecule has 0 radical (unpaired) electrons. The summed E-state index contributed by atoms with van der Waals surface area (Å²) in [7, 11) is 0. The molecule has 1 aliphatic heterocycles. The summed E-state index contributed by atoms with van der Waals surface area (Å²) in [4.78, 5) is 0. The second-order valence-corrected chi connectivity index (χ2v) is 3.95. The second-order valence-electron chi connectivity index (χ2n) is 3.64. The molecule has 0 saturated carbocycles. The third-order valence-corrected chi connectivity index (χ3v) is 3.15. The van der Waals surface area contributed by atoms with Crippen LogP contribution in [0.15, 0.2) is 0 Å². The molecule has 1 rings (SSSR count). The molecule has 2 atom stereocenters. The molecule has 2 heteroatoms. The van der Waals surface area contributed by atoms with Crippen molar-refractivity contribution in [2.75, 3.05) is 12.5 Å². The van der Waals surface area contributed by atoms with Crippen LogP contribution in [0.3, 0.4) is 0 Å². The zero-order chi connectivity index (χ0) is 8.81. The average molecular weight is 191 g/mol. The van der Waals surface area contributed by atoms with Crippen molar-refractivity contribution in [3.8, 4) is 0 Å². The van der Waals surface area contributed by atoms with Gasteiger partial charge in [0.05, 0.1) is 6.10 Å². The molecule has 1 saturated heterocycles. The highest BCUT2D eigenvalue weighted by atomic mass is 35.5. The molecule has 0 N–H and O–H groups in total. The summed E-state index contributed by atoms with van der Waals surface area (Å²) in [6.45, 7) is 3.19. The number of alkyl halides is 1. The fourth-order valence-corrected chi connectivity index (χ4v) is 2.06. The van der Waals surface area contributed by atoms with Gasteiger partial charge in [-0.3, -0.25) is 0 Å². The molecule has 0 aromatic heterocycles. The average Bonchev–Trinajstić information content (AvgIpc) is 2.59. The van der Waals surface area contributed by atoms with Crippen molar-refractivity contribution in [3.05, 3.63) is 0 Å². The van der Waals surface area contributed by atoms with Gasteiger partial charge in [-0.25, -0.2) is 0 Å². The molecule has 0 spiro atoms. The molecule has 72 valence electrons. The summed E-state index contributed by atoms with van der Waals surface area (Å²) in [5, 5.41) is 0. The summed E-state index contributed by atoms with van der Waals surface area (Å²) in [6.07, 6.45) is 6.72. The summed E-state index contributed by atoms with van der Waals surface area (Å²) < 4.78 is 5.55. The lowest BCUT2D eigenvalue weighted by Crippen LogP contribution is -2.09. The van der Waals surface area contributed by atoms with Crippen molar-refractivity contribution in [1.29, 1.82) is 0 Å². The predicted molar refractivity (Wildman–Crippen MR) is 52.7 cm³/mol. The highest BCUT2D eigenvalue weighted by Gasteiger charge is 2.16. The van der Waals surface area contributed by atoms with Gasteiger partial charge in [0, 0.05) is 12.5 Å². The molecule has 0 aliphatic carbocycles. The van der Waals surface area contributed by atoms with Crippen LogP contribution in [-0.4, -0.2) is 18.6 Å². The van der Waals surface area contributed by atoms with E-state index in [-0.39, 0.29) is 0 Å². The van der Waals surface area contributed by atoms with Crippen LogP contribution in [0.25, 0.3) is 0 Å². The van der Waals surface area contributed by atoms with E-state index in [1.807, 2.05) is 0 Å². The first-order chi connectivity index (χ1) is 5.86. The van der Waals surface area contributed by atoms with Crippen LogP contribution in [0.1, 0.15) is 39.0 Å². The normalized spacial score (nSPS) is 26.0. The van der Waals surface area contributed by atoms with E-state index < -0.39 is 0 Å². The molecule has 1 heterocycles. The van der Waals surface area contributed by atoms with Crippen molar-refractivity contribution in [3.63, 3.8) is 0 Å². The number of hydrogen-bond acceptors (Lipinski definition) is 1. The van der Waals surface area contributed by atoms with Crippen LogP contribution < -0.4 is 0 Å². The quantitative estimate of drug-likeness (QED) is 0.605. The summed E-state index contributed by atoms with van der Waals surface area (Å²) >= 11 is 5.81. The molecule has 2 unspecified atom stereocenters.